The lowest BCUT2D eigenvalue weighted by molar-refractivity contribution is -0.137. The highest BCUT2D eigenvalue weighted by Gasteiger charge is 2.30. The van der Waals surface area contributed by atoms with Gasteiger partial charge in [-0.05, 0) is 29.8 Å². The van der Waals surface area contributed by atoms with E-state index in [-0.39, 0.29) is 5.69 Å². The molecule has 2 aromatic carbocycles. The number of benzene rings is 2. The quantitative estimate of drug-likeness (QED) is 0.709. The number of aromatic nitrogens is 1. The summed E-state index contributed by atoms with van der Waals surface area (Å²) in [5.41, 5.74) is 6.70. The molecule has 0 bridgehead atoms. The molecule has 0 aliphatic heterocycles. The third kappa shape index (κ3) is 2.85. The van der Waals surface area contributed by atoms with Crippen LogP contribution in [0.4, 0.5) is 18.9 Å². The smallest absolute Gasteiger partial charge is 0.398 e. The second-order valence-electron chi connectivity index (χ2n) is 4.66. The Morgan fingerprint density at radius 2 is 1.86 bits per heavy atom. The molecule has 0 spiro atoms. The van der Waals surface area contributed by atoms with Gasteiger partial charge in [-0.25, -0.2) is 4.98 Å². The SMILES string of the molecule is Nc1cc(C(F)(F)F)ccc1Cc1nc2ccccc2s1. The Hall–Kier alpha value is -2.08. The van der Waals surface area contributed by atoms with Crippen molar-refractivity contribution in [3.05, 3.63) is 58.6 Å². The van der Waals surface area contributed by atoms with Gasteiger partial charge in [0.05, 0.1) is 20.8 Å². The largest absolute Gasteiger partial charge is 0.416 e. The van der Waals surface area contributed by atoms with E-state index in [1.54, 1.807) is 0 Å². The molecule has 0 saturated heterocycles. The Labute approximate surface area is 123 Å². The predicted molar refractivity (Wildman–Crippen MR) is 78.3 cm³/mol. The van der Waals surface area contributed by atoms with Crippen LogP contribution in [0, 0.1) is 0 Å². The number of nitrogens with zero attached hydrogens (tertiary/aromatic N) is 1. The summed E-state index contributed by atoms with van der Waals surface area (Å²) < 4.78 is 38.9. The highest BCUT2D eigenvalue weighted by molar-refractivity contribution is 7.18. The van der Waals surface area contributed by atoms with E-state index < -0.39 is 11.7 Å². The van der Waals surface area contributed by atoms with Crippen molar-refractivity contribution >= 4 is 27.2 Å². The molecule has 6 heteroatoms. The van der Waals surface area contributed by atoms with Gasteiger partial charge in [-0.15, -0.1) is 11.3 Å². The van der Waals surface area contributed by atoms with Gasteiger partial charge in [-0.3, -0.25) is 0 Å². The Balaban J connectivity index is 1.91. The number of hydrogen-bond acceptors (Lipinski definition) is 3. The molecule has 0 aliphatic carbocycles. The molecule has 0 aliphatic rings. The first kappa shape index (κ1) is 13.9. The van der Waals surface area contributed by atoms with Crippen LogP contribution < -0.4 is 5.73 Å². The van der Waals surface area contributed by atoms with E-state index in [0.29, 0.717) is 12.0 Å². The molecule has 2 nitrogen and oxygen atoms in total. The standard InChI is InChI=1S/C15H11F3N2S/c16-15(17,18)10-6-5-9(11(19)8-10)7-14-20-12-3-1-2-4-13(12)21-14/h1-6,8H,7,19H2. The average Bonchev–Trinajstić information content (AvgIpc) is 2.82. The van der Waals surface area contributed by atoms with Crippen molar-refractivity contribution in [2.45, 2.75) is 12.6 Å². The van der Waals surface area contributed by atoms with E-state index >= 15 is 0 Å². The lowest BCUT2D eigenvalue weighted by Crippen LogP contribution is -2.07. The van der Waals surface area contributed by atoms with E-state index in [1.807, 2.05) is 24.3 Å². The molecule has 2 N–H and O–H groups in total. The lowest BCUT2D eigenvalue weighted by atomic mass is 10.1. The molecule has 3 rings (SSSR count). The minimum absolute atomic E-state index is 0.143. The fourth-order valence-electron chi connectivity index (χ4n) is 2.09. The van der Waals surface area contributed by atoms with Crippen molar-refractivity contribution in [3.8, 4) is 0 Å². The summed E-state index contributed by atoms with van der Waals surface area (Å²) >= 11 is 1.52. The van der Waals surface area contributed by atoms with Crippen LogP contribution in [0.5, 0.6) is 0 Å². The van der Waals surface area contributed by atoms with Crippen molar-refractivity contribution in [2.75, 3.05) is 5.73 Å². The Kier molecular flexibility index (Phi) is 3.33. The topological polar surface area (TPSA) is 38.9 Å². The van der Waals surface area contributed by atoms with Crippen LogP contribution in [0.3, 0.4) is 0 Å². The summed E-state index contributed by atoms with van der Waals surface area (Å²) in [6.45, 7) is 0. The number of nitrogens with two attached hydrogens (primary N) is 1. The molecule has 0 atom stereocenters. The fraction of sp³-hybridized carbons (Fsp3) is 0.133. The second kappa shape index (κ2) is 5.04. The summed E-state index contributed by atoms with van der Waals surface area (Å²) in [4.78, 5) is 4.46. The highest BCUT2D eigenvalue weighted by Crippen LogP contribution is 2.32. The van der Waals surface area contributed by atoms with Gasteiger partial charge in [0.2, 0.25) is 0 Å². The highest BCUT2D eigenvalue weighted by atomic mass is 32.1. The number of halogens is 3. The number of thiazole rings is 1. The number of fused-ring (bicyclic) bond motifs is 1. The molecule has 1 heterocycles. The maximum absolute atomic E-state index is 12.6. The van der Waals surface area contributed by atoms with E-state index in [4.69, 9.17) is 5.73 Å². The molecular formula is C15H11F3N2S. The van der Waals surface area contributed by atoms with Gasteiger partial charge in [0.15, 0.2) is 0 Å². The molecule has 0 saturated carbocycles. The Morgan fingerprint density at radius 1 is 1.10 bits per heavy atom. The van der Waals surface area contributed by atoms with Crippen molar-refractivity contribution < 1.29 is 13.2 Å². The van der Waals surface area contributed by atoms with Gasteiger partial charge in [0, 0.05) is 12.1 Å². The molecule has 0 unspecified atom stereocenters. The summed E-state index contributed by atoms with van der Waals surface area (Å²) in [5.74, 6) is 0. The van der Waals surface area contributed by atoms with Crippen molar-refractivity contribution in [1.82, 2.24) is 4.98 Å². The van der Waals surface area contributed by atoms with Gasteiger partial charge in [-0.1, -0.05) is 18.2 Å². The number of anilines is 1. The van der Waals surface area contributed by atoms with Crippen LogP contribution in [0.2, 0.25) is 0 Å². The molecule has 3 aromatic rings. The van der Waals surface area contributed by atoms with Gasteiger partial charge in [0.1, 0.15) is 0 Å². The zero-order chi connectivity index (χ0) is 15.0. The molecule has 0 fully saturated rings. The second-order valence-corrected chi connectivity index (χ2v) is 5.78. The van der Waals surface area contributed by atoms with E-state index in [2.05, 4.69) is 4.98 Å². The third-order valence-corrected chi connectivity index (χ3v) is 4.19. The van der Waals surface area contributed by atoms with E-state index in [1.165, 1.54) is 17.4 Å². The Morgan fingerprint density at radius 3 is 2.52 bits per heavy atom. The minimum atomic E-state index is -4.37. The summed E-state index contributed by atoms with van der Waals surface area (Å²) in [5, 5.41) is 0.836. The van der Waals surface area contributed by atoms with Gasteiger partial charge < -0.3 is 5.73 Å². The van der Waals surface area contributed by atoms with Gasteiger partial charge >= 0.3 is 6.18 Å². The van der Waals surface area contributed by atoms with Crippen molar-refractivity contribution in [2.24, 2.45) is 0 Å². The van der Waals surface area contributed by atoms with E-state index in [0.717, 1.165) is 27.4 Å². The molecule has 21 heavy (non-hydrogen) atoms. The molecule has 0 radical (unpaired) electrons. The van der Waals surface area contributed by atoms with Crippen LogP contribution in [-0.2, 0) is 12.6 Å². The van der Waals surface area contributed by atoms with Gasteiger partial charge in [-0.2, -0.15) is 13.2 Å². The number of rotatable bonds is 2. The lowest BCUT2D eigenvalue weighted by Gasteiger charge is -2.10. The number of hydrogen-bond donors (Lipinski definition) is 1. The van der Waals surface area contributed by atoms with Gasteiger partial charge in [0.25, 0.3) is 0 Å². The van der Waals surface area contributed by atoms with Crippen LogP contribution in [0.25, 0.3) is 10.2 Å². The molecule has 108 valence electrons. The molecule has 0 amide bonds. The van der Waals surface area contributed by atoms with Crippen LogP contribution in [0.15, 0.2) is 42.5 Å². The first-order valence-electron chi connectivity index (χ1n) is 6.23. The first-order chi connectivity index (χ1) is 9.93. The van der Waals surface area contributed by atoms with Crippen molar-refractivity contribution in [3.63, 3.8) is 0 Å². The zero-order valence-electron chi connectivity index (χ0n) is 10.8. The monoisotopic (exact) mass is 308 g/mol. The number of alkyl halides is 3. The van der Waals surface area contributed by atoms with Crippen molar-refractivity contribution in [1.29, 1.82) is 0 Å². The minimum Gasteiger partial charge on any atom is -0.398 e. The maximum Gasteiger partial charge on any atom is 0.416 e. The van der Waals surface area contributed by atoms with Crippen LogP contribution in [-0.4, -0.2) is 4.98 Å². The number of nitrogen functional groups attached to an aromatic ring is 1. The first-order valence-corrected chi connectivity index (χ1v) is 7.05. The summed E-state index contributed by atoms with van der Waals surface area (Å²) in [7, 11) is 0. The van der Waals surface area contributed by atoms with E-state index in [9.17, 15) is 13.2 Å². The molecule has 1 aromatic heterocycles. The summed E-state index contributed by atoms with van der Waals surface area (Å²) in [6.07, 6.45) is -3.94. The molecular weight excluding hydrogens is 297 g/mol. The third-order valence-electron chi connectivity index (χ3n) is 3.15. The van der Waals surface area contributed by atoms with Crippen LogP contribution >= 0.6 is 11.3 Å². The van der Waals surface area contributed by atoms with Crippen LogP contribution in [0.1, 0.15) is 16.1 Å². The normalized spacial score (nSPS) is 12.0. The summed E-state index contributed by atoms with van der Waals surface area (Å²) in [6, 6.07) is 11.2. The predicted octanol–water partition coefficient (Wildman–Crippen LogP) is 4.49. The zero-order valence-corrected chi connectivity index (χ0v) is 11.6. The Bertz CT molecular complexity index is 760. The maximum atomic E-state index is 12.6. The fourth-order valence-corrected chi connectivity index (χ4v) is 3.08. The average molecular weight is 308 g/mol. The number of para-hydroxylation sites is 1.